The fourth-order valence-corrected chi connectivity index (χ4v) is 4.68. The summed E-state index contributed by atoms with van der Waals surface area (Å²) in [6, 6.07) is 26.0. The summed E-state index contributed by atoms with van der Waals surface area (Å²) in [5.41, 5.74) is 12.1. The number of aliphatic imine (C=N–C) groups is 1. The van der Waals surface area contributed by atoms with Gasteiger partial charge in [0, 0.05) is 17.7 Å². The van der Waals surface area contributed by atoms with Gasteiger partial charge in [-0.15, -0.1) is 0 Å². The molecule has 2 heteroatoms. The van der Waals surface area contributed by atoms with Crippen LogP contribution in [0.5, 0.6) is 5.75 Å². The molecule has 0 bridgehead atoms. The normalized spacial score (nSPS) is 11.5. The van der Waals surface area contributed by atoms with Crippen molar-refractivity contribution >= 4 is 11.9 Å². The van der Waals surface area contributed by atoms with Crippen molar-refractivity contribution in [2.24, 2.45) is 4.99 Å². The van der Waals surface area contributed by atoms with E-state index in [1.807, 2.05) is 26.0 Å². The molecule has 0 spiro atoms. The molecule has 34 heavy (non-hydrogen) atoms. The summed E-state index contributed by atoms with van der Waals surface area (Å²) in [6.45, 7) is 12.5. The Morgan fingerprint density at radius 1 is 0.618 bits per heavy atom. The SMILES string of the molecule is Cc1ccc(C(c2ccc(C)cc2)c2cc(C)cc(C)c2N=Cc2cc(C)cc(C)c2O)cc1. The van der Waals surface area contributed by atoms with E-state index in [9.17, 15) is 5.11 Å². The van der Waals surface area contributed by atoms with E-state index in [1.165, 1.54) is 33.4 Å². The average molecular weight is 448 g/mol. The Bertz CT molecular complexity index is 1300. The van der Waals surface area contributed by atoms with Crippen molar-refractivity contribution in [3.05, 3.63) is 128 Å². The van der Waals surface area contributed by atoms with Gasteiger partial charge in [0.25, 0.3) is 0 Å². The zero-order valence-electron chi connectivity index (χ0n) is 21.0. The van der Waals surface area contributed by atoms with E-state index in [4.69, 9.17) is 4.99 Å². The van der Waals surface area contributed by atoms with Gasteiger partial charge in [-0.2, -0.15) is 0 Å². The molecule has 0 saturated carbocycles. The van der Waals surface area contributed by atoms with E-state index >= 15 is 0 Å². The lowest BCUT2D eigenvalue weighted by molar-refractivity contribution is 0.470. The Morgan fingerprint density at radius 2 is 1.12 bits per heavy atom. The van der Waals surface area contributed by atoms with Crippen molar-refractivity contribution in [2.45, 2.75) is 47.5 Å². The highest BCUT2D eigenvalue weighted by molar-refractivity contribution is 5.87. The first-order chi connectivity index (χ1) is 16.2. The van der Waals surface area contributed by atoms with E-state index in [1.54, 1.807) is 6.21 Å². The second-order valence-electron chi connectivity index (χ2n) is 9.55. The van der Waals surface area contributed by atoms with Gasteiger partial charge in [-0.05, 0) is 81.0 Å². The highest BCUT2D eigenvalue weighted by atomic mass is 16.3. The largest absolute Gasteiger partial charge is 0.507 e. The van der Waals surface area contributed by atoms with Gasteiger partial charge in [-0.3, -0.25) is 4.99 Å². The lowest BCUT2D eigenvalue weighted by Crippen LogP contribution is -2.05. The Kier molecular flexibility index (Phi) is 6.70. The molecule has 0 aliphatic heterocycles. The topological polar surface area (TPSA) is 32.6 Å². The van der Waals surface area contributed by atoms with Crippen molar-refractivity contribution in [3.8, 4) is 5.75 Å². The Morgan fingerprint density at radius 3 is 1.68 bits per heavy atom. The predicted octanol–water partition coefficient (Wildman–Crippen LogP) is 8.17. The minimum absolute atomic E-state index is 0.0554. The number of rotatable bonds is 5. The molecule has 0 fully saturated rings. The van der Waals surface area contributed by atoms with Crippen LogP contribution in [0, 0.1) is 41.5 Å². The summed E-state index contributed by atoms with van der Waals surface area (Å²) in [7, 11) is 0. The Balaban J connectivity index is 1.92. The Hall–Kier alpha value is -3.65. The molecule has 4 rings (SSSR count). The van der Waals surface area contributed by atoms with E-state index in [0.29, 0.717) is 0 Å². The standard InChI is InChI=1S/C32H33NO/c1-20-7-11-26(12-8-20)30(27-13-9-21(2)10-14-27)29-18-23(4)15-24(5)31(29)33-19-28-17-22(3)16-25(6)32(28)34/h7-19,30,34H,1-6H3. The monoisotopic (exact) mass is 447 g/mol. The summed E-state index contributed by atoms with van der Waals surface area (Å²) in [5.74, 6) is 0.342. The van der Waals surface area contributed by atoms with Gasteiger partial charge in [0.2, 0.25) is 0 Å². The van der Waals surface area contributed by atoms with Crippen molar-refractivity contribution in [1.82, 2.24) is 0 Å². The third-order valence-corrected chi connectivity index (χ3v) is 6.41. The van der Waals surface area contributed by atoms with E-state index in [-0.39, 0.29) is 11.7 Å². The summed E-state index contributed by atoms with van der Waals surface area (Å²) in [6.07, 6.45) is 1.80. The lowest BCUT2D eigenvalue weighted by Gasteiger charge is -2.23. The van der Waals surface area contributed by atoms with Crippen LogP contribution in [0.3, 0.4) is 0 Å². The number of phenolic OH excluding ortho intramolecular Hbond substituents is 1. The third kappa shape index (κ3) is 4.97. The molecule has 2 nitrogen and oxygen atoms in total. The molecule has 0 aromatic heterocycles. The highest BCUT2D eigenvalue weighted by Crippen LogP contribution is 2.40. The van der Waals surface area contributed by atoms with Gasteiger partial charge in [0.1, 0.15) is 5.75 Å². The smallest absolute Gasteiger partial charge is 0.127 e. The molecule has 0 heterocycles. The molecule has 0 aliphatic carbocycles. The van der Waals surface area contributed by atoms with E-state index in [2.05, 4.69) is 88.4 Å². The summed E-state index contributed by atoms with van der Waals surface area (Å²) >= 11 is 0. The van der Waals surface area contributed by atoms with Crippen LogP contribution in [-0.4, -0.2) is 11.3 Å². The van der Waals surface area contributed by atoms with Gasteiger partial charge < -0.3 is 5.11 Å². The van der Waals surface area contributed by atoms with Crippen molar-refractivity contribution in [2.75, 3.05) is 0 Å². The molecular formula is C32H33NO. The van der Waals surface area contributed by atoms with Gasteiger partial charge in [-0.25, -0.2) is 0 Å². The highest BCUT2D eigenvalue weighted by Gasteiger charge is 2.21. The van der Waals surface area contributed by atoms with Crippen LogP contribution in [0.2, 0.25) is 0 Å². The first-order valence-electron chi connectivity index (χ1n) is 11.8. The first kappa shape index (κ1) is 23.5. The van der Waals surface area contributed by atoms with Crippen LogP contribution in [0.1, 0.15) is 61.6 Å². The second-order valence-corrected chi connectivity index (χ2v) is 9.55. The second kappa shape index (κ2) is 9.69. The lowest BCUT2D eigenvalue weighted by atomic mass is 9.82. The fourth-order valence-electron chi connectivity index (χ4n) is 4.68. The van der Waals surface area contributed by atoms with Crippen molar-refractivity contribution in [1.29, 1.82) is 0 Å². The molecule has 4 aromatic rings. The van der Waals surface area contributed by atoms with Crippen LogP contribution in [0.25, 0.3) is 0 Å². The van der Waals surface area contributed by atoms with Crippen LogP contribution >= 0.6 is 0 Å². The van der Waals surface area contributed by atoms with Gasteiger partial charge in [0.15, 0.2) is 0 Å². The minimum Gasteiger partial charge on any atom is -0.507 e. The minimum atomic E-state index is 0.0554. The van der Waals surface area contributed by atoms with Crippen LogP contribution in [0.4, 0.5) is 5.69 Å². The molecule has 172 valence electrons. The first-order valence-corrected chi connectivity index (χ1v) is 11.8. The maximum atomic E-state index is 10.6. The molecule has 0 atom stereocenters. The quantitative estimate of drug-likeness (QED) is 0.243. The van der Waals surface area contributed by atoms with Crippen LogP contribution in [-0.2, 0) is 0 Å². The van der Waals surface area contributed by atoms with Gasteiger partial charge >= 0.3 is 0 Å². The number of phenols is 1. The molecule has 0 saturated heterocycles. The number of aryl methyl sites for hydroxylation is 6. The number of benzene rings is 4. The third-order valence-electron chi connectivity index (χ3n) is 6.41. The molecule has 0 radical (unpaired) electrons. The van der Waals surface area contributed by atoms with Gasteiger partial charge in [0.05, 0.1) is 5.69 Å². The van der Waals surface area contributed by atoms with Crippen LogP contribution in [0.15, 0.2) is 77.8 Å². The number of nitrogens with zero attached hydrogens (tertiary/aromatic N) is 1. The average Bonchev–Trinajstić information content (AvgIpc) is 2.79. The molecule has 1 N–H and O–H groups in total. The molecule has 0 amide bonds. The molecule has 0 unspecified atom stereocenters. The maximum absolute atomic E-state index is 10.6. The summed E-state index contributed by atoms with van der Waals surface area (Å²) in [5, 5.41) is 10.6. The predicted molar refractivity (Wildman–Crippen MR) is 144 cm³/mol. The fraction of sp³-hybridized carbons (Fsp3) is 0.219. The molecule has 4 aromatic carbocycles. The zero-order chi connectivity index (χ0) is 24.4. The van der Waals surface area contributed by atoms with E-state index in [0.717, 1.165) is 27.9 Å². The van der Waals surface area contributed by atoms with Crippen LogP contribution < -0.4 is 0 Å². The molecule has 0 aliphatic rings. The maximum Gasteiger partial charge on any atom is 0.127 e. The summed E-state index contributed by atoms with van der Waals surface area (Å²) in [4.78, 5) is 4.98. The van der Waals surface area contributed by atoms with Crippen molar-refractivity contribution in [3.63, 3.8) is 0 Å². The summed E-state index contributed by atoms with van der Waals surface area (Å²) < 4.78 is 0. The zero-order valence-corrected chi connectivity index (χ0v) is 21.0. The number of hydrogen-bond donors (Lipinski definition) is 1. The molecular weight excluding hydrogens is 414 g/mol. The number of hydrogen-bond acceptors (Lipinski definition) is 2. The van der Waals surface area contributed by atoms with Gasteiger partial charge in [-0.1, -0.05) is 83.4 Å². The van der Waals surface area contributed by atoms with Crippen molar-refractivity contribution < 1.29 is 5.11 Å². The van der Waals surface area contributed by atoms with E-state index < -0.39 is 0 Å². The number of aromatic hydroxyl groups is 1. The Labute approximate surface area is 203 Å².